The molecule has 114 valence electrons. The van der Waals surface area contributed by atoms with Gasteiger partial charge in [-0.2, -0.15) is 0 Å². The third kappa shape index (κ3) is 22.0. The number of nitrogens with zero attached hydrogens (tertiary/aromatic N) is 2. The van der Waals surface area contributed by atoms with Crippen LogP contribution < -0.4 is 34.0 Å². The van der Waals surface area contributed by atoms with Crippen molar-refractivity contribution in [2.75, 3.05) is 81.8 Å². The van der Waals surface area contributed by atoms with Gasteiger partial charge in [-0.15, -0.1) is 0 Å². The van der Waals surface area contributed by atoms with Gasteiger partial charge in [0, 0.05) is 0 Å². The summed E-state index contributed by atoms with van der Waals surface area (Å²) in [5, 5.41) is 0. The molecule has 0 aromatic heterocycles. The zero-order valence-electron chi connectivity index (χ0n) is 12.7. The number of likely N-dealkylation sites (N-methyl/N-ethyl adjacent to an activating group) is 2. The maximum atomic E-state index is 5.50. The minimum absolute atomic E-state index is 0. The second kappa shape index (κ2) is 11.6. The van der Waals surface area contributed by atoms with Crippen LogP contribution in [-0.2, 0) is 9.47 Å². The molecule has 0 aliphatic heterocycles. The minimum atomic E-state index is 0. The van der Waals surface area contributed by atoms with E-state index in [1.54, 1.807) is 0 Å². The fourth-order valence-electron chi connectivity index (χ4n) is 0.999. The summed E-state index contributed by atoms with van der Waals surface area (Å²) in [7, 11) is 13.0. The van der Waals surface area contributed by atoms with Crippen molar-refractivity contribution in [2.24, 2.45) is 0 Å². The largest absolute Gasteiger partial charge is 1.00 e. The Labute approximate surface area is 134 Å². The molecule has 0 heterocycles. The zero-order chi connectivity index (χ0) is 12.7. The molecule has 0 bridgehead atoms. The maximum absolute atomic E-state index is 5.50. The Morgan fingerprint density at radius 2 is 0.833 bits per heavy atom. The molecule has 0 aromatic rings. The van der Waals surface area contributed by atoms with Crippen molar-refractivity contribution in [3.05, 3.63) is 0 Å². The molecule has 0 radical (unpaired) electrons. The van der Waals surface area contributed by atoms with Gasteiger partial charge in [0.1, 0.15) is 13.1 Å². The van der Waals surface area contributed by atoms with Crippen LogP contribution in [0.1, 0.15) is 0 Å². The highest BCUT2D eigenvalue weighted by atomic mass is 79.9. The fourth-order valence-corrected chi connectivity index (χ4v) is 0.999. The zero-order valence-corrected chi connectivity index (χ0v) is 15.9. The smallest absolute Gasteiger partial charge is 0.102 e. The molecule has 0 saturated heterocycles. The first-order chi connectivity index (χ1) is 7.21. The summed E-state index contributed by atoms with van der Waals surface area (Å²) in [4.78, 5) is 0. The third-order valence-corrected chi connectivity index (χ3v) is 2.18. The van der Waals surface area contributed by atoms with Gasteiger partial charge >= 0.3 is 0 Å². The van der Waals surface area contributed by atoms with Crippen molar-refractivity contribution in [1.29, 1.82) is 0 Å². The average molecular weight is 394 g/mol. The molecule has 18 heavy (non-hydrogen) atoms. The Kier molecular flexibility index (Phi) is 15.4. The van der Waals surface area contributed by atoms with Gasteiger partial charge < -0.3 is 52.4 Å². The SMILES string of the molecule is C[N+](C)(C)CCOCCOCC[N+](C)(C)C.[Br-].[Br-]. The highest BCUT2D eigenvalue weighted by Gasteiger charge is 2.06. The quantitative estimate of drug-likeness (QED) is 0.287. The second-order valence-electron chi connectivity index (χ2n) is 6.25. The molecule has 0 N–H and O–H groups in total. The molecule has 4 nitrogen and oxygen atoms in total. The molecular formula is C12H30Br2N2O2. The summed E-state index contributed by atoms with van der Waals surface area (Å²) >= 11 is 0. The van der Waals surface area contributed by atoms with Crippen LogP contribution in [0.2, 0.25) is 0 Å². The molecule has 0 atom stereocenters. The van der Waals surface area contributed by atoms with Crippen molar-refractivity contribution < 1.29 is 52.4 Å². The molecular weight excluding hydrogens is 364 g/mol. The average Bonchev–Trinajstić information content (AvgIpc) is 2.06. The molecule has 0 saturated carbocycles. The normalized spacial score (nSPS) is 11.7. The van der Waals surface area contributed by atoms with Gasteiger partial charge in [-0.1, -0.05) is 0 Å². The van der Waals surface area contributed by atoms with E-state index < -0.39 is 0 Å². The highest BCUT2D eigenvalue weighted by Crippen LogP contribution is 1.91. The van der Waals surface area contributed by atoms with E-state index in [4.69, 9.17) is 9.47 Å². The number of hydrogen-bond donors (Lipinski definition) is 0. The van der Waals surface area contributed by atoms with E-state index in [-0.39, 0.29) is 34.0 Å². The lowest BCUT2D eigenvalue weighted by atomic mass is 10.5. The van der Waals surface area contributed by atoms with Crippen LogP contribution >= 0.6 is 0 Å². The summed E-state index contributed by atoms with van der Waals surface area (Å²) in [5.74, 6) is 0. The monoisotopic (exact) mass is 392 g/mol. The van der Waals surface area contributed by atoms with Gasteiger partial charge in [0.15, 0.2) is 0 Å². The van der Waals surface area contributed by atoms with Crippen LogP contribution in [0.15, 0.2) is 0 Å². The van der Waals surface area contributed by atoms with Gasteiger partial charge in [-0.05, 0) is 0 Å². The Hall–Kier alpha value is 0.800. The molecule has 0 fully saturated rings. The van der Waals surface area contributed by atoms with Crippen LogP contribution in [0.5, 0.6) is 0 Å². The lowest BCUT2D eigenvalue weighted by Gasteiger charge is -2.24. The lowest BCUT2D eigenvalue weighted by Crippen LogP contribution is -3.00. The van der Waals surface area contributed by atoms with Crippen LogP contribution in [0, 0.1) is 0 Å². The number of ether oxygens (including phenoxy) is 2. The first-order valence-corrected chi connectivity index (χ1v) is 5.97. The molecule has 0 aliphatic carbocycles. The van der Waals surface area contributed by atoms with Crippen LogP contribution in [0.3, 0.4) is 0 Å². The van der Waals surface area contributed by atoms with Gasteiger partial charge in [0.05, 0.1) is 68.7 Å². The molecule has 0 rings (SSSR count). The first kappa shape index (κ1) is 23.9. The number of rotatable bonds is 9. The summed E-state index contributed by atoms with van der Waals surface area (Å²) < 4.78 is 12.9. The Morgan fingerprint density at radius 1 is 0.556 bits per heavy atom. The van der Waals surface area contributed by atoms with Gasteiger partial charge in [-0.3, -0.25) is 0 Å². The van der Waals surface area contributed by atoms with E-state index in [1.807, 2.05) is 0 Å². The van der Waals surface area contributed by atoms with Gasteiger partial charge in [0.2, 0.25) is 0 Å². The Morgan fingerprint density at radius 3 is 1.06 bits per heavy atom. The van der Waals surface area contributed by atoms with E-state index in [1.165, 1.54) is 0 Å². The van der Waals surface area contributed by atoms with Crippen molar-refractivity contribution in [3.8, 4) is 0 Å². The number of quaternary nitrogens is 2. The summed E-state index contributed by atoms with van der Waals surface area (Å²) in [6, 6.07) is 0. The Balaban J connectivity index is -0.00000112. The van der Waals surface area contributed by atoms with E-state index in [0.29, 0.717) is 13.2 Å². The number of halogens is 2. The minimum Gasteiger partial charge on any atom is -1.00 e. The summed E-state index contributed by atoms with van der Waals surface area (Å²) in [5.41, 5.74) is 0. The van der Waals surface area contributed by atoms with E-state index >= 15 is 0 Å². The predicted molar refractivity (Wildman–Crippen MR) is 67.4 cm³/mol. The van der Waals surface area contributed by atoms with Crippen LogP contribution in [0.4, 0.5) is 0 Å². The van der Waals surface area contributed by atoms with Crippen molar-refractivity contribution >= 4 is 0 Å². The molecule has 0 amide bonds. The molecule has 0 aliphatic rings. The third-order valence-electron chi connectivity index (χ3n) is 2.18. The molecule has 0 unspecified atom stereocenters. The van der Waals surface area contributed by atoms with Crippen molar-refractivity contribution in [2.45, 2.75) is 0 Å². The van der Waals surface area contributed by atoms with Crippen molar-refractivity contribution in [1.82, 2.24) is 0 Å². The lowest BCUT2D eigenvalue weighted by molar-refractivity contribution is -0.871. The molecule has 0 aromatic carbocycles. The highest BCUT2D eigenvalue weighted by molar-refractivity contribution is 4.33. The fraction of sp³-hybridized carbons (Fsp3) is 1.00. The summed E-state index contributed by atoms with van der Waals surface area (Å²) in [6.07, 6.45) is 0. The maximum Gasteiger partial charge on any atom is 0.102 e. The molecule has 6 heteroatoms. The first-order valence-electron chi connectivity index (χ1n) is 5.97. The predicted octanol–water partition coefficient (Wildman–Crippen LogP) is -5.56. The second-order valence-corrected chi connectivity index (χ2v) is 6.25. The topological polar surface area (TPSA) is 18.5 Å². The summed E-state index contributed by atoms with van der Waals surface area (Å²) in [6.45, 7) is 5.11. The van der Waals surface area contributed by atoms with Crippen LogP contribution in [-0.4, -0.2) is 90.8 Å². The van der Waals surface area contributed by atoms with Gasteiger partial charge in [0.25, 0.3) is 0 Å². The Bertz CT molecular complexity index is 160. The van der Waals surface area contributed by atoms with E-state index in [0.717, 1.165) is 35.3 Å². The standard InChI is InChI=1S/C12H30N2O2.2BrH/c1-13(2,3)7-9-15-11-12-16-10-8-14(4,5)6;;/h7-12H2,1-6H3;2*1H/q+2;;/p-2. The van der Waals surface area contributed by atoms with E-state index in [9.17, 15) is 0 Å². The van der Waals surface area contributed by atoms with Crippen LogP contribution in [0.25, 0.3) is 0 Å². The molecule has 0 spiro atoms. The van der Waals surface area contributed by atoms with Gasteiger partial charge in [-0.25, -0.2) is 0 Å². The van der Waals surface area contributed by atoms with Crippen molar-refractivity contribution in [3.63, 3.8) is 0 Å². The number of hydrogen-bond acceptors (Lipinski definition) is 2. The van der Waals surface area contributed by atoms with E-state index in [2.05, 4.69) is 42.3 Å².